The van der Waals surface area contributed by atoms with Gasteiger partial charge in [0.05, 0.1) is 18.2 Å². The number of hydrogen-bond acceptors (Lipinski definition) is 5. The number of carbonyl (C=O) groups excluding carboxylic acids is 1. The van der Waals surface area contributed by atoms with Gasteiger partial charge in [0.2, 0.25) is 5.91 Å². The third-order valence-electron chi connectivity index (χ3n) is 3.59. The summed E-state index contributed by atoms with van der Waals surface area (Å²) in [7, 11) is 1.54. The van der Waals surface area contributed by atoms with E-state index < -0.39 is 17.6 Å². The fraction of sp³-hybridized carbons (Fsp3) is 0.118. The lowest BCUT2D eigenvalue weighted by Gasteiger charge is -2.06. The van der Waals surface area contributed by atoms with Gasteiger partial charge in [-0.15, -0.1) is 0 Å². The summed E-state index contributed by atoms with van der Waals surface area (Å²) in [5.41, 5.74) is 1.01. The predicted molar refractivity (Wildman–Crippen MR) is 89.1 cm³/mol. The van der Waals surface area contributed by atoms with E-state index in [2.05, 4.69) is 5.32 Å². The van der Waals surface area contributed by atoms with Crippen LogP contribution in [0.15, 0.2) is 51.7 Å². The first-order chi connectivity index (χ1) is 12.0. The monoisotopic (exact) mass is 342 g/mol. The van der Waals surface area contributed by atoms with Crippen molar-refractivity contribution >= 4 is 28.7 Å². The highest BCUT2D eigenvalue weighted by Crippen LogP contribution is 2.17. The second-order valence-electron chi connectivity index (χ2n) is 5.22. The van der Waals surface area contributed by atoms with Gasteiger partial charge in [-0.25, -0.2) is 9.59 Å². The molecule has 0 atom stereocenters. The van der Waals surface area contributed by atoms with Crippen molar-refractivity contribution in [2.45, 2.75) is 6.54 Å². The highest BCUT2D eigenvalue weighted by molar-refractivity contribution is 5.93. The molecule has 0 unspecified atom stereocenters. The molecule has 2 N–H and O–H groups in total. The first-order valence-electron chi connectivity index (χ1n) is 7.28. The van der Waals surface area contributed by atoms with E-state index in [0.717, 1.165) is 4.57 Å². The lowest BCUT2D eigenvalue weighted by atomic mass is 10.2. The Kier molecular flexibility index (Phi) is 4.25. The fourth-order valence-electron chi connectivity index (χ4n) is 2.37. The van der Waals surface area contributed by atoms with E-state index in [1.54, 1.807) is 31.4 Å². The third kappa shape index (κ3) is 3.37. The number of benzene rings is 2. The SMILES string of the molecule is COc1ccc(NC(=O)Cn2c(=O)oc3cc(C(=O)O)ccc32)cc1. The molecule has 0 saturated heterocycles. The van der Waals surface area contributed by atoms with Crippen LogP contribution in [0.25, 0.3) is 11.1 Å². The Morgan fingerprint density at radius 3 is 2.56 bits per heavy atom. The zero-order valence-corrected chi connectivity index (χ0v) is 13.2. The van der Waals surface area contributed by atoms with Crippen LogP contribution in [0.4, 0.5) is 5.69 Å². The van der Waals surface area contributed by atoms with Crippen LogP contribution in [0, 0.1) is 0 Å². The van der Waals surface area contributed by atoms with E-state index >= 15 is 0 Å². The standard InChI is InChI=1S/C17H14N2O6/c1-24-12-5-3-11(4-6-12)18-15(20)9-19-13-7-2-10(16(21)22)8-14(13)25-17(19)23/h2-8H,9H2,1H3,(H,18,20)(H,21,22). The highest BCUT2D eigenvalue weighted by atomic mass is 16.5. The van der Waals surface area contributed by atoms with Crippen LogP contribution in [0.3, 0.4) is 0 Å². The van der Waals surface area contributed by atoms with Crippen molar-refractivity contribution in [3.63, 3.8) is 0 Å². The number of aromatic nitrogens is 1. The van der Waals surface area contributed by atoms with Gasteiger partial charge in [0.15, 0.2) is 5.58 Å². The average molecular weight is 342 g/mol. The molecule has 1 amide bonds. The molecule has 1 aromatic heterocycles. The number of nitrogens with one attached hydrogen (secondary N) is 1. The molecule has 0 saturated carbocycles. The van der Waals surface area contributed by atoms with Gasteiger partial charge in [-0.1, -0.05) is 0 Å². The van der Waals surface area contributed by atoms with E-state index in [-0.39, 0.29) is 17.7 Å². The minimum Gasteiger partial charge on any atom is -0.497 e. The van der Waals surface area contributed by atoms with Gasteiger partial charge >= 0.3 is 11.7 Å². The molecule has 0 aliphatic carbocycles. The van der Waals surface area contributed by atoms with Crippen LogP contribution in [0.5, 0.6) is 5.75 Å². The number of anilines is 1. The summed E-state index contributed by atoms with van der Waals surface area (Å²) >= 11 is 0. The third-order valence-corrected chi connectivity index (χ3v) is 3.59. The molecule has 25 heavy (non-hydrogen) atoms. The molecule has 0 bridgehead atoms. The second kappa shape index (κ2) is 6.52. The molecule has 0 aliphatic heterocycles. The van der Waals surface area contributed by atoms with E-state index in [9.17, 15) is 14.4 Å². The second-order valence-corrected chi connectivity index (χ2v) is 5.22. The molecule has 3 rings (SSSR count). The summed E-state index contributed by atoms with van der Waals surface area (Å²) in [6.07, 6.45) is 0. The minimum absolute atomic E-state index is 0.00363. The van der Waals surface area contributed by atoms with Gasteiger partial charge in [0.1, 0.15) is 12.3 Å². The van der Waals surface area contributed by atoms with Crippen molar-refractivity contribution < 1.29 is 23.8 Å². The predicted octanol–water partition coefficient (Wildman–Crippen LogP) is 1.94. The molecule has 0 aliphatic rings. The number of carbonyl (C=O) groups is 2. The summed E-state index contributed by atoms with van der Waals surface area (Å²) in [6, 6.07) is 10.8. The minimum atomic E-state index is -1.13. The van der Waals surface area contributed by atoms with Gasteiger partial charge in [0.25, 0.3) is 0 Å². The van der Waals surface area contributed by atoms with Gasteiger partial charge in [-0.2, -0.15) is 0 Å². The number of aromatic carboxylic acids is 1. The van der Waals surface area contributed by atoms with E-state index in [4.69, 9.17) is 14.3 Å². The van der Waals surface area contributed by atoms with E-state index in [1.807, 2.05) is 0 Å². The zero-order valence-electron chi connectivity index (χ0n) is 13.2. The molecule has 0 radical (unpaired) electrons. The number of hydrogen-bond donors (Lipinski definition) is 2. The summed E-state index contributed by atoms with van der Waals surface area (Å²) in [6.45, 7) is -0.260. The Balaban J connectivity index is 1.81. The van der Waals surface area contributed by atoms with Gasteiger partial charge < -0.3 is 19.6 Å². The lowest BCUT2D eigenvalue weighted by Crippen LogP contribution is -2.24. The van der Waals surface area contributed by atoms with Gasteiger partial charge in [-0.3, -0.25) is 9.36 Å². The maximum absolute atomic E-state index is 12.2. The largest absolute Gasteiger partial charge is 0.497 e. The maximum atomic E-state index is 12.2. The quantitative estimate of drug-likeness (QED) is 0.733. The lowest BCUT2D eigenvalue weighted by molar-refractivity contribution is -0.116. The molecule has 0 fully saturated rings. The molecule has 8 nitrogen and oxygen atoms in total. The highest BCUT2D eigenvalue weighted by Gasteiger charge is 2.15. The van der Waals surface area contributed by atoms with Crippen LogP contribution in [0.2, 0.25) is 0 Å². The summed E-state index contributed by atoms with van der Waals surface area (Å²) < 4.78 is 11.2. The van der Waals surface area contributed by atoms with Crippen LogP contribution in [-0.4, -0.2) is 28.7 Å². The molecule has 3 aromatic rings. The van der Waals surface area contributed by atoms with Crippen molar-refractivity contribution in [3.8, 4) is 5.75 Å². The number of methoxy groups -OCH3 is 1. The summed E-state index contributed by atoms with van der Waals surface area (Å²) in [5, 5.41) is 11.6. The zero-order chi connectivity index (χ0) is 18.0. The summed E-state index contributed by atoms with van der Waals surface area (Å²) in [5.74, 6) is -1.63. The fourth-order valence-corrected chi connectivity index (χ4v) is 2.37. The Bertz CT molecular complexity index is 1000. The first-order valence-corrected chi connectivity index (χ1v) is 7.28. The Morgan fingerprint density at radius 2 is 1.92 bits per heavy atom. The molecule has 0 spiro atoms. The number of ether oxygens (including phenoxy) is 1. The first kappa shape index (κ1) is 16.3. The smallest absolute Gasteiger partial charge is 0.420 e. The number of carboxylic acids is 1. The maximum Gasteiger partial charge on any atom is 0.420 e. The van der Waals surface area contributed by atoms with Crippen LogP contribution in [0.1, 0.15) is 10.4 Å². The Morgan fingerprint density at radius 1 is 1.20 bits per heavy atom. The number of rotatable bonds is 5. The molecular formula is C17H14N2O6. The number of oxazole rings is 1. The molecule has 8 heteroatoms. The summed E-state index contributed by atoms with van der Waals surface area (Å²) in [4.78, 5) is 35.1. The normalized spacial score (nSPS) is 10.6. The average Bonchev–Trinajstić information content (AvgIpc) is 2.90. The molecule has 128 valence electrons. The van der Waals surface area contributed by atoms with Gasteiger partial charge in [0, 0.05) is 5.69 Å². The van der Waals surface area contributed by atoms with Crippen molar-refractivity contribution in [2.24, 2.45) is 0 Å². The molecular weight excluding hydrogens is 328 g/mol. The van der Waals surface area contributed by atoms with Crippen LogP contribution < -0.4 is 15.8 Å². The van der Waals surface area contributed by atoms with Crippen molar-refractivity contribution in [3.05, 3.63) is 58.6 Å². The van der Waals surface area contributed by atoms with Crippen molar-refractivity contribution in [1.29, 1.82) is 0 Å². The molecule has 2 aromatic carbocycles. The Labute approximate surface area is 141 Å². The van der Waals surface area contributed by atoms with E-state index in [0.29, 0.717) is 17.0 Å². The van der Waals surface area contributed by atoms with Crippen molar-refractivity contribution in [1.82, 2.24) is 4.57 Å². The molecule has 1 heterocycles. The Hall–Kier alpha value is -3.55. The number of carboxylic acid groups (broad SMARTS) is 1. The van der Waals surface area contributed by atoms with Gasteiger partial charge in [-0.05, 0) is 42.5 Å². The number of amides is 1. The van der Waals surface area contributed by atoms with E-state index in [1.165, 1.54) is 18.2 Å². The van der Waals surface area contributed by atoms with Crippen molar-refractivity contribution in [2.75, 3.05) is 12.4 Å². The topological polar surface area (TPSA) is 111 Å². The van der Waals surface area contributed by atoms with Crippen LogP contribution >= 0.6 is 0 Å². The number of fused-ring (bicyclic) bond motifs is 1. The van der Waals surface area contributed by atoms with Crippen LogP contribution in [-0.2, 0) is 11.3 Å². The number of nitrogens with zero attached hydrogens (tertiary/aromatic N) is 1.